The first-order valence-electron chi connectivity index (χ1n) is 11.0. The highest BCUT2D eigenvalue weighted by atomic mass is 16.6. The molecule has 38 heavy (non-hydrogen) atoms. The minimum atomic E-state index is -0.832. The highest BCUT2D eigenvalue weighted by Crippen LogP contribution is 2.26. The van der Waals surface area contributed by atoms with Gasteiger partial charge in [0.2, 0.25) is 0 Å². The Bertz CT molecular complexity index is 1330. The first kappa shape index (κ1) is 27.2. The summed E-state index contributed by atoms with van der Waals surface area (Å²) in [5.41, 5.74) is 0.249. The Hall–Kier alpha value is -5.44. The standard InChI is InChI=1S/C29H22O9/c1-4-15-34-21-9-7-19(8-10-21)28(32)37-22-11-13-23(14-12-22)38-29(33)20-16-24(35-26(30)5-2)18-25(17-20)36-27(31)6-3/h4-14,16-18H,1-3,15H2. The van der Waals surface area contributed by atoms with Crippen LogP contribution in [0.3, 0.4) is 0 Å². The fraction of sp³-hybridized carbons (Fsp3) is 0.0345. The molecule has 0 heterocycles. The number of hydrogen-bond acceptors (Lipinski definition) is 9. The van der Waals surface area contributed by atoms with Gasteiger partial charge in [0, 0.05) is 18.2 Å². The summed E-state index contributed by atoms with van der Waals surface area (Å²) in [5.74, 6) is -2.17. The smallest absolute Gasteiger partial charge is 0.343 e. The van der Waals surface area contributed by atoms with Crippen molar-refractivity contribution in [2.45, 2.75) is 0 Å². The van der Waals surface area contributed by atoms with Crippen molar-refractivity contribution < 1.29 is 42.9 Å². The van der Waals surface area contributed by atoms with Gasteiger partial charge < -0.3 is 23.7 Å². The lowest BCUT2D eigenvalue weighted by atomic mass is 10.2. The van der Waals surface area contributed by atoms with Crippen molar-refractivity contribution in [2.75, 3.05) is 6.61 Å². The molecule has 0 atom stereocenters. The van der Waals surface area contributed by atoms with Crippen LogP contribution in [0.2, 0.25) is 0 Å². The van der Waals surface area contributed by atoms with Gasteiger partial charge in [-0.25, -0.2) is 19.2 Å². The minimum absolute atomic E-state index is 0.0674. The Labute approximate surface area is 218 Å². The lowest BCUT2D eigenvalue weighted by molar-refractivity contribution is -0.129. The van der Waals surface area contributed by atoms with Crippen LogP contribution >= 0.6 is 0 Å². The van der Waals surface area contributed by atoms with E-state index in [4.69, 9.17) is 23.7 Å². The quantitative estimate of drug-likeness (QED) is 0.153. The molecule has 0 aliphatic heterocycles. The molecule has 0 amide bonds. The number of rotatable bonds is 11. The summed E-state index contributed by atoms with van der Waals surface area (Å²) in [4.78, 5) is 48.3. The molecule has 0 bridgehead atoms. The lowest BCUT2D eigenvalue weighted by Gasteiger charge is -2.10. The molecule has 0 aliphatic carbocycles. The maximum atomic E-state index is 12.7. The second-order valence-corrected chi connectivity index (χ2v) is 7.32. The SMILES string of the molecule is C=CCOc1ccc(C(=O)Oc2ccc(OC(=O)c3cc(OC(=O)C=C)cc(OC(=O)C=C)c3)cc2)cc1. The number of hydrogen-bond donors (Lipinski definition) is 0. The van der Waals surface area contributed by atoms with Gasteiger partial charge in [-0.05, 0) is 60.7 Å². The van der Waals surface area contributed by atoms with Crippen molar-refractivity contribution in [3.05, 3.63) is 116 Å². The Balaban J connectivity index is 1.68. The maximum Gasteiger partial charge on any atom is 0.343 e. The fourth-order valence-corrected chi connectivity index (χ4v) is 2.87. The summed E-state index contributed by atoms with van der Waals surface area (Å²) >= 11 is 0. The molecule has 0 spiro atoms. The molecule has 0 N–H and O–H groups in total. The molecule has 0 aromatic heterocycles. The van der Waals surface area contributed by atoms with Crippen LogP contribution in [0.1, 0.15) is 20.7 Å². The van der Waals surface area contributed by atoms with Gasteiger partial charge in [0.1, 0.15) is 35.4 Å². The largest absolute Gasteiger partial charge is 0.490 e. The Morgan fingerprint density at radius 2 is 1.00 bits per heavy atom. The Morgan fingerprint density at radius 1 is 0.553 bits per heavy atom. The van der Waals surface area contributed by atoms with Crippen molar-refractivity contribution in [3.63, 3.8) is 0 Å². The molecular formula is C29H22O9. The molecule has 0 unspecified atom stereocenters. The van der Waals surface area contributed by atoms with Gasteiger partial charge in [-0.15, -0.1) is 0 Å². The molecule has 0 fully saturated rings. The zero-order valence-electron chi connectivity index (χ0n) is 20.1. The highest BCUT2D eigenvalue weighted by molar-refractivity contribution is 5.93. The molecule has 0 radical (unpaired) electrons. The summed E-state index contributed by atoms with van der Waals surface area (Å²) < 4.78 is 26.1. The predicted molar refractivity (Wildman–Crippen MR) is 137 cm³/mol. The molecule has 0 saturated heterocycles. The van der Waals surface area contributed by atoms with Crippen LogP contribution < -0.4 is 23.7 Å². The predicted octanol–water partition coefficient (Wildman–Crippen LogP) is 4.87. The number of esters is 4. The van der Waals surface area contributed by atoms with E-state index in [9.17, 15) is 19.2 Å². The number of carbonyl (C=O) groups excluding carboxylic acids is 4. The number of benzene rings is 3. The topological polar surface area (TPSA) is 114 Å². The van der Waals surface area contributed by atoms with E-state index in [0.717, 1.165) is 12.2 Å². The Morgan fingerprint density at radius 3 is 1.45 bits per heavy atom. The first-order chi connectivity index (χ1) is 18.3. The summed E-state index contributed by atoms with van der Waals surface area (Å²) in [5, 5.41) is 0. The summed E-state index contributed by atoms with van der Waals surface area (Å²) in [6.07, 6.45) is 3.48. The normalized spacial score (nSPS) is 9.89. The lowest BCUT2D eigenvalue weighted by Crippen LogP contribution is -2.12. The number of carbonyl (C=O) groups is 4. The molecule has 9 nitrogen and oxygen atoms in total. The van der Waals surface area contributed by atoms with Crippen LogP contribution in [-0.4, -0.2) is 30.5 Å². The van der Waals surface area contributed by atoms with E-state index in [1.807, 2.05) is 0 Å². The maximum absolute atomic E-state index is 12.7. The van der Waals surface area contributed by atoms with Crippen molar-refractivity contribution in [1.82, 2.24) is 0 Å². The van der Waals surface area contributed by atoms with E-state index in [-0.39, 0.29) is 28.6 Å². The van der Waals surface area contributed by atoms with E-state index in [0.29, 0.717) is 17.9 Å². The molecule has 9 heteroatoms. The van der Waals surface area contributed by atoms with Crippen LogP contribution in [0.4, 0.5) is 0 Å². The van der Waals surface area contributed by atoms with Crippen LogP contribution in [0.5, 0.6) is 28.7 Å². The second-order valence-electron chi connectivity index (χ2n) is 7.32. The van der Waals surface area contributed by atoms with Gasteiger partial charge >= 0.3 is 23.9 Å². The van der Waals surface area contributed by atoms with Crippen LogP contribution in [0, 0.1) is 0 Å². The van der Waals surface area contributed by atoms with Gasteiger partial charge in [-0.1, -0.05) is 25.8 Å². The zero-order valence-corrected chi connectivity index (χ0v) is 20.1. The molecule has 0 saturated carbocycles. The van der Waals surface area contributed by atoms with E-state index in [2.05, 4.69) is 19.7 Å². The van der Waals surface area contributed by atoms with Crippen molar-refractivity contribution in [1.29, 1.82) is 0 Å². The third-order valence-electron chi connectivity index (χ3n) is 4.59. The summed E-state index contributed by atoms with van der Waals surface area (Å²) in [6, 6.07) is 15.9. The van der Waals surface area contributed by atoms with Crippen LogP contribution in [0.15, 0.2) is 105 Å². The molecule has 3 rings (SSSR count). The highest BCUT2D eigenvalue weighted by Gasteiger charge is 2.16. The zero-order chi connectivity index (χ0) is 27.5. The van der Waals surface area contributed by atoms with Gasteiger partial charge in [-0.3, -0.25) is 0 Å². The first-order valence-corrected chi connectivity index (χ1v) is 11.0. The van der Waals surface area contributed by atoms with Crippen LogP contribution in [0.25, 0.3) is 0 Å². The van der Waals surface area contributed by atoms with E-state index >= 15 is 0 Å². The average Bonchev–Trinajstić information content (AvgIpc) is 2.92. The molecular weight excluding hydrogens is 492 g/mol. The van der Waals surface area contributed by atoms with Crippen molar-refractivity contribution >= 4 is 23.9 Å². The molecule has 3 aromatic carbocycles. The molecule has 3 aromatic rings. The summed E-state index contributed by atoms with van der Waals surface area (Å²) in [7, 11) is 0. The third kappa shape index (κ3) is 7.79. The van der Waals surface area contributed by atoms with Gasteiger partial charge in [-0.2, -0.15) is 0 Å². The van der Waals surface area contributed by atoms with Gasteiger partial charge in [0.05, 0.1) is 11.1 Å². The Kier molecular flexibility index (Phi) is 9.31. The third-order valence-corrected chi connectivity index (χ3v) is 4.59. The van der Waals surface area contributed by atoms with Crippen LogP contribution in [-0.2, 0) is 9.59 Å². The van der Waals surface area contributed by atoms with Crippen molar-refractivity contribution in [3.8, 4) is 28.7 Å². The second kappa shape index (κ2) is 13.0. The van der Waals surface area contributed by atoms with Gasteiger partial charge in [0.15, 0.2) is 0 Å². The molecule has 192 valence electrons. The van der Waals surface area contributed by atoms with E-state index in [1.54, 1.807) is 30.3 Å². The summed E-state index contributed by atoms with van der Waals surface area (Å²) in [6.45, 7) is 10.5. The minimum Gasteiger partial charge on any atom is -0.490 e. The van der Waals surface area contributed by atoms with Gasteiger partial charge in [0.25, 0.3) is 0 Å². The fourth-order valence-electron chi connectivity index (χ4n) is 2.87. The molecule has 0 aliphatic rings. The van der Waals surface area contributed by atoms with Crippen molar-refractivity contribution in [2.24, 2.45) is 0 Å². The average molecular weight is 514 g/mol. The monoisotopic (exact) mass is 514 g/mol. The van der Waals surface area contributed by atoms with E-state index < -0.39 is 23.9 Å². The van der Waals surface area contributed by atoms with E-state index in [1.165, 1.54) is 42.5 Å². The number of ether oxygens (including phenoxy) is 5.